The van der Waals surface area contributed by atoms with Crippen LogP contribution in [0.3, 0.4) is 0 Å². The van der Waals surface area contributed by atoms with Crippen LogP contribution in [0.4, 0.5) is 0 Å². The van der Waals surface area contributed by atoms with E-state index in [1.165, 1.54) is 105 Å². The third-order valence-corrected chi connectivity index (χ3v) is 10.9. The molecule has 0 unspecified atom stereocenters. The van der Waals surface area contributed by atoms with Crippen LogP contribution in [0.15, 0.2) is 46.5 Å². The predicted octanol–water partition coefficient (Wildman–Crippen LogP) is 11.8. The van der Waals surface area contributed by atoms with Crippen molar-refractivity contribution in [2.45, 2.75) is 78.1 Å². The molecule has 0 bridgehead atoms. The Bertz CT molecular complexity index is 1340. The van der Waals surface area contributed by atoms with Crippen LogP contribution in [-0.4, -0.2) is 0 Å². The average molecular weight is 523 g/mol. The summed E-state index contributed by atoms with van der Waals surface area (Å²) in [6.07, 6.45) is 13.0. The molecule has 4 heterocycles. The lowest BCUT2D eigenvalue weighted by molar-refractivity contribution is 0.668. The minimum Gasteiger partial charge on any atom is -0.144 e. The Morgan fingerprint density at radius 3 is 1.94 bits per heavy atom. The topological polar surface area (TPSA) is 0 Å². The number of rotatable bonds is 12. The van der Waals surface area contributed by atoms with E-state index in [1.807, 2.05) is 45.3 Å². The highest BCUT2D eigenvalue weighted by atomic mass is 32.1. The summed E-state index contributed by atoms with van der Waals surface area (Å²) in [7, 11) is 0. The maximum Gasteiger partial charge on any atom is 0.0544 e. The fourth-order valence-electron chi connectivity index (χ4n) is 4.91. The van der Waals surface area contributed by atoms with Gasteiger partial charge < -0.3 is 0 Å². The van der Waals surface area contributed by atoms with E-state index in [0.29, 0.717) is 0 Å². The highest BCUT2D eigenvalue weighted by molar-refractivity contribution is 7.27. The van der Waals surface area contributed by atoms with E-state index in [4.69, 9.17) is 0 Å². The summed E-state index contributed by atoms with van der Waals surface area (Å²) in [5, 5.41) is 9.71. The van der Waals surface area contributed by atoms with E-state index >= 15 is 0 Å². The van der Waals surface area contributed by atoms with Crippen LogP contribution >= 0.6 is 45.3 Å². The molecule has 0 nitrogen and oxygen atoms in total. The third-order valence-electron chi connectivity index (χ3n) is 6.79. The fourth-order valence-corrected chi connectivity index (χ4v) is 9.18. The van der Waals surface area contributed by atoms with Gasteiger partial charge in [0.05, 0.1) is 4.88 Å². The molecule has 0 amide bonds. The van der Waals surface area contributed by atoms with E-state index in [1.54, 1.807) is 11.1 Å². The quantitative estimate of drug-likeness (QED) is 0.143. The molecule has 178 valence electrons. The zero-order valence-electron chi connectivity index (χ0n) is 20.3. The normalized spacial score (nSPS) is 11.8. The molecule has 5 aromatic rings. The zero-order chi connectivity index (χ0) is 23.3. The molecule has 0 aliphatic heterocycles. The number of benzene rings is 1. The Morgan fingerprint density at radius 1 is 0.588 bits per heavy atom. The average Bonchev–Trinajstić information content (AvgIpc) is 3.63. The van der Waals surface area contributed by atoms with Crippen LogP contribution in [0.25, 0.3) is 40.4 Å². The minimum absolute atomic E-state index is 1.20. The molecule has 34 heavy (non-hydrogen) atoms. The van der Waals surface area contributed by atoms with Crippen molar-refractivity contribution in [3.05, 3.63) is 57.6 Å². The molecule has 0 fully saturated rings. The SMILES string of the molecule is CCCCCCc1ccsc1-c1sc2cc3ccsc3cc2c1-c1sccc1CCCCCC. The molecule has 0 atom stereocenters. The number of unbranched alkanes of at least 4 members (excludes halogenated alkanes) is 6. The van der Waals surface area contributed by atoms with Gasteiger partial charge in [-0.1, -0.05) is 52.4 Å². The van der Waals surface area contributed by atoms with Gasteiger partial charge in [0.15, 0.2) is 0 Å². The van der Waals surface area contributed by atoms with Gasteiger partial charge in [0.2, 0.25) is 0 Å². The first kappa shape index (κ1) is 24.2. The largest absolute Gasteiger partial charge is 0.144 e. The summed E-state index contributed by atoms with van der Waals surface area (Å²) in [5.41, 5.74) is 4.61. The fraction of sp³-hybridized carbons (Fsp3) is 0.400. The van der Waals surface area contributed by atoms with Gasteiger partial charge >= 0.3 is 0 Å². The van der Waals surface area contributed by atoms with Crippen molar-refractivity contribution >= 4 is 65.5 Å². The van der Waals surface area contributed by atoms with Crippen molar-refractivity contribution in [1.29, 1.82) is 0 Å². The number of hydrogen-bond donors (Lipinski definition) is 0. The molecule has 1 aromatic carbocycles. The van der Waals surface area contributed by atoms with E-state index in [-0.39, 0.29) is 0 Å². The first-order valence-corrected chi connectivity index (χ1v) is 16.3. The highest BCUT2D eigenvalue weighted by Crippen LogP contribution is 2.51. The van der Waals surface area contributed by atoms with Crippen molar-refractivity contribution in [3.8, 4) is 20.2 Å². The number of hydrogen-bond acceptors (Lipinski definition) is 4. The minimum atomic E-state index is 1.20. The second-order valence-corrected chi connectivity index (χ2v) is 13.1. The lowest BCUT2D eigenvalue weighted by atomic mass is 9.99. The third kappa shape index (κ3) is 5.06. The molecule has 0 spiro atoms. The summed E-state index contributed by atoms with van der Waals surface area (Å²) in [5.74, 6) is 0. The molecule has 5 rings (SSSR count). The summed E-state index contributed by atoms with van der Waals surface area (Å²) < 4.78 is 2.84. The zero-order valence-corrected chi connectivity index (χ0v) is 23.6. The van der Waals surface area contributed by atoms with Crippen LogP contribution < -0.4 is 0 Å². The molecule has 0 N–H and O–H groups in total. The molecule has 0 saturated heterocycles. The Hall–Kier alpha value is -1.46. The summed E-state index contributed by atoms with van der Waals surface area (Å²) in [6, 6.07) is 12.0. The van der Waals surface area contributed by atoms with Gasteiger partial charge in [-0.05, 0) is 88.7 Å². The van der Waals surface area contributed by atoms with Gasteiger partial charge in [0, 0.05) is 30.1 Å². The Balaban J connectivity index is 1.59. The molecular weight excluding hydrogens is 489 g/mol. The van der Waals surface area contributed by atoms with E-state index in [9.17, 15) is 0 Å². The second kappa shape index (κ2) is 11.5. The molecule has 0 saturated carbocycles. The van der Waals surface area contributed by atoms with E-state index in [0.717, 1.165) is 0 Å². The van der Waals surface area contributed by atoms with Crippen molar-refractivity contribution in [2.75, 3.05) is 0 Å². The number of aryl methyl sites for hydroxylation is 2. The maximum atomic E-state index is 2.47. The summed E-state index contributed by atoms with van der Waals surface area (Å²) >= 11 is 7.78. The Labute approximate surface area is 220 Å². The number of thiophene rings is 4. The van der Waals surface area contributed by atoms with Crippen LogP contribution in [0.2, 0.25) is 0 Å². The summed E-state index contributed by atoms with van der Waals surface area (Å²) in [6.45, 7) is 4.59. The van der Waals surface area contributed by atoms with Crippen LogP contribution in [0.5, 0.6) is 0 Å². The first-order valence-electron chi connectivity index (χ1n) is 12.9. The monoisotopic (exact) mass is 522 g/mol. The molecule has 4 aromatic heterocycles. The van der Waals surface area contributed by atoms with Crippen molar-refractivity contribution < 1.29 is 0 Å². The second-order valence-electron chi connectivity index (χ2n) is 9.28. The highest BCUT2D eigenvalue weighted by Gasteiger charge is 2.22. The first-order chi connectivity index (χ1) is 16.8. The van der Waals surface area contributed by atoms with Crippen molar-refractivity contribution in [1.82, 2.24) is 0 Å². The van der Waals surface area contributed by atoms with Gasteiger partial charge in [-0.2, -0.15) is 0 Å². The predicted molar refractivity (Wildman–Crippen MR) is 160 cm³/mol. The molecule has 0 radical (unpaired) electrons. The van der Waals surface area contributed by atoms with Crippen molar-refractivity contribution in [3.63, 3.8) is 0 Å². The van der Waals surface area contributed by atoms with Gasteiger partial charge in [0.1, 0.15) is 0 Å². The van der Waals surface area contributed by atoms with E-state index in [2.05, 4.69) is 60.3 Å². The van der Waals surface area contributed by atoms with Gasteiger partial charge in [0.25, 0.3) is 0 Å². The molecule has 0 aliphatic rings. The maximum absolute atomic E-state index is 2.47. The number of fused-ring (bicyclic) bond motifs is 2. The Morgan fingerprint density at radius 2 is 1.24 bits per heavy atom. The molecular formula is C30H34S4. The molecule has 4 heteroatoms. The van der Waals surface area contributed by atoms with Gasteiger partial charge in [-0.15, -0.1) is 45.3 Å². The van der Waals surface area contributed by atoms with Gasteiger partial charge in [-0.25, -0.2) is 0 Å². The smallest absolute Gasteiger partial charge is 0.0544 e. The summed E-state index contributed by atoms with van der Waals surface area (Å²) in [4.78, 5) is 4.53. The van der Waals surface area contributed by atoms with Crippen LogP contribution in [0.1, 0.15) is 76.3 Å². The van der Waals surface area contributed by atoms with Crippen LogP contribution in [0, 0.1) is 0 Å². The Kier molecular flexibility index (Phi) is 8.21. The lowest BCUT2D eigenvalue weighted by Gasteiger charge is -2.09. The van der Waals surface area contributed by atoms with Crippen molar-refractivity contribution in [2.24, 2.45) is 0 Å². The van der Waals surface area contributed by atoms with E-state index < -0.39 is 0 Å². The standard InChI is InChI=1S/C30H34S4/c1-3-5-7-9-11-21-13-17-32-28(21)27-24-20-25-23(15-16-31-25)19-26(24)34-30(27)29-22(14-18-33-29)12-10-8-6-4-2/h13-20H,3-12H2,1-2H3. The van der Waals surface area contributed by atoms with Gasteiger partial charge in [-0.3, -0.25) is 0 Å². The van der Waals surface area contributed by atoms with Crippen LogP contribution in [-0.2, 0) is 12.8 Å². The lowest BCUT2D eigenvalue weighted by Crippen LogP contribution is -1.89. The molecule has 0 aliphatic carbocycles.